The smallest absolute Gasteiger partial charge is 0.308 e. The van der Waals surface area contributed by atoms with Crippen molar-refractivity contribution in [3.05, 3.63) is 115 Å². The van der Waals surface area contributed by atoms with Gasteiger partial charge in [-0.15, -0.1) is 0 Å². The minimum absolute atomic E-state index is 0.347. The summed E-state index contributed by atoms with van der Waals surface area (Å²) in [7, 11) is 0. The summed E-state index contributed by atoms with van der Waals surface area (Å²) >= 11 is 0. The van der Waals surface area contributed by atoms with Gasteiger partial charge < -0.3 is 16.0 Å². The first-order chi connectivity index (χ1) is 15.7. The average Bonchev–Trinajstić information content (AvgIpc) is 2.82. The van der Waals surface area contributed by atoms with Crippen molar-refractivity contribution in [2.24, 2.45) is 0 Å². The van der Waals surface area contributed by atoms with Crippen molar-refractivity contribution < 1.29 is 9.59 Å². The molecule has 3 N–H and O–H groups in total. The zero-order valence-corrected chi connectivity index (χ0v) is 17.2. The lowest BCUT2D eigenvalue weighted by Crippen LogP contribution is -2.32. The number of hydrogen-bond donors (Lipinski definition) is 3. The second-order valence-electron chi connectivity index (χ2n) is 6.93. The van der Waals surface area contributed by atoms with Crippen LogP contribution in [0.5, 0.6) is 0 Å². The summed E-state index contributed by atoms with van der Waals surface area (Å²) in [5.74, 6) is 0. The lowest BCUT2D eigenvalue weighted by molar-refractivity contribution is 0.258. The van der Waals surface area contributed by atoms with Crippen LogP contribution in [0.1, 0.15) is 0 Å². The highest BCUT2D eigenvalue weighted by Crippen LogP contribution is 2.33. The first-order valence-electron chi connectivity index (χ1n) is 10.1. The Balaban J connectivity index is 1.64. The normalized spacial score (nSPS) is 10.1. The molecule has 0 aliphatic heterocycles. The number of benzene rings is 4. The molecule has 4 rings (SSSR count). The van der Waals surface area contributed by atoms with Gasteiger partial charge >= 0.3 is 12.1 Å². The summed E-state index contributed by atoms with van der Waals surface area (Å²) < 4.78 is 0. The highest BCUT2D eigenvalue weighted by molar-refractivity contribution is 6.11. The fourth-order valence-electron chi connectivity index (χ4n) is 3.22. The van der Waals surface area contributed by atoms with Gasteiger partial charge in [-0.2, -0.15) is 0 Å². The first kappa shape index (κ1) is 20.7. The summed E-state index contributed by atoms with van der Waals surface area (Å²) in [4.78, 5) is 27.5. The van der Waals surface area contributed by atoms with Gasteiger partial charge in [-0.05, 0) is 48.5 Å². The minimum Gasteiger partial charge on any atom is -0.308 e. The van der Waals surface area contributed by atoms with E-state index in [4.69, 9.17) is 0 Å². The average molecular weight is 422 g/mol. The molecule has 0 aromatic heterocycles. The second kappa shape index (κ2) is 9.95. The lowest BCUT2D eigenvalue weighted by Gasteiger charge is -2.26. The molecule has 0 aliphatic rings. The second-order valence-corrected chi connectivity index (χ2v) is 6.93. The van der Waals surface area contributed by atoms with E-state index in [0.29, 0.717) is 28.4 Å². The molecule has 4 amide bonds. The Kier molecular flexibility index (Phi) is 6.43. The third-order valence-corrected chi connectivity index (χ3v) is 4.67. The summed E-state index contributed by atoms with van der Waals surface area (Å²) in [5.41, 5.74) is 3.04. The zero-order chi connectivity index (χ0) is 22.2. The molecule has 0 saturated heterocycles. The van der Waals surface area contributed by atoms with Crippen molar-refractivity contribution in [2.45, 2.75) is 0 Å². The van der Waals surface area contributed by atoms with Crippen LogP contribution in [0.4, 0.5) is 38.0 Å². The van der Waals surface area contributed by atoms with Crippen LogP contribution in [0.15, 0.2) is 115 Å². The molecular weight excluding hydrogens is 400 g/mol. The van der Waals surface area contributed by atoms with Crippen molar-refractivity contribution in [3.8, 4) is 0 Å². The highest BCUT2D eigenvalue weighted by atomic mass is 16.2. The summed E-state index contributed by atoms with van der Waals surface area (Å²) in [6.45, 7) is 0. The number of urea groups is 2. The van der Waals surface area contributed by atoms with Gasteiger partial charge in [0.2, 0.25) is 0 Å². The number of amides is 4. The Bertz CT molecular complexity index is 1180. The van der Waals surface area contributed by atoms with E-state index in [1.165, 1.54) is 4.90 Å². The molecule has 4 aromatic carbocycles. The van der Waals surface area contributed by atoms with Crippen molar-refractivity contribution in [1.82, 2.24) is 0 Å². The molecule has 0 unspecified atom stereocenters. The van der Waals surface area contributed by atoms with Gasteiger partial charge in [0.1, 0.15) is 0 Å². The predicted octanol–water partition coefficient (Wildman–Crippen LogP) is 6.70. The topological polar surface area (TPSA) is 73.5 Å². The van der Waals surface area contributed by atoms with Crippen LogP contribution in [0.25, 0.3) is 0 Å². The minimum atomic E-state index is -0.403. The van der Waals surface area contributed by atoms with Crippen LogP contribution in [0.3, 0.4) is 0 Å². The van der Waals surface area contributed by atoms with E-state index in [2.05, 4.69) is 16.0 Å². The Hall–Kier alpha value is -4.58. The van der Waals surface area contributed by atoms with Gasteiger partial charge in [0, 0.05) is 11.4 Å². The fraction of sp³-hybridized carbons (Fsp3) is 0. The Morgan fingerprint density at radius 3 is 1.66 bits per heavy atom. The van der Waals surface area contributed by atoms with E-state index in [1.807, 2.05) is 84.9 Å². The zero-order valence-electron chi connectivity index (χ0n) is 17.2. The Morgan fingerprint density at radius 1 is 0.531 bits per heavy atom. The molecule has 0 fully saturated rings. The number of nitrogens with one attached hydrogen (secondary N) is 3. The van der Waals surface area contributed by atoms with E-state index in [1.54, 1.807) is 30.3 Å². The fourth-order valence-corrected chi connectivity index (χ4v) is 3.22. The van der Waals surface area contributed by atoms with Crippen molar-refractivity contribution in [2.75, 3.05) is 20.9 Å². The van der Waals surface area contributed by atoms with Gasteiger partial charge in [0.15, 0.2) is 0 Å². The number of nitrogens with zero attached hydrogens (tertiary/aromatic N) is 1. The van der Waals surface area contributed by atoms with Gasteiger partial charge in [-0.3, -0.25) is 4.90 Å². The molecule has 0 saturated carbocycles. The number of anilines is 5. The maximum atomic E-state index is 13.3. The standard InChI is InChI=1S/C26H22N4O2/c31-25(27-20-12-4-1-5-13-20)29-23-18-10-11-19-24(23)30(22-16-8-3-9-17-22)26(32)28-21-14-6-2-7-15-21/h1-19H,(H,28,32)(H2,27,29,31). The van der Waals surface area contributed by atoms with Crippen LogP contribution in [-0.2, 0) is 0 Å². The van der Waals surface area contributed by atoms with Crippen molar-refractivity contribution in [1.29, 1.82) is 0 Å². The van der Waals surface area contributed by atoms with Gasteiger partial charge in [0.25, 0.3) is 0 Å². The van der Waals surface area contributed by atoms with Crippen LogP contribution >= 0.6 is 0 Å². The van der Waals surface area contributed by atoms with Gasteiger partial charge in [0.05, 0.1) is 17.1 Å². The highest BCUT2D eigenvalue weighted by Gasteiger charge is 2.21. The third kappa shape index (κ3) is 5.12. The van der Waals surface area contributed by atoms with Crippen molar-refractivity contribution in [3.63, 3.8) is 0 Å². The SMILES string of the molecule is O=C(Nc1ccccc1)Nc1ccccc1N(C(=O)Nc1ccccc1)c1ccccc1. The number of para-hydroxylation sites is 5. The maximum absolute atomic E-state index is 13.3. The van der Waals surface area contributed by atoms with E-state index in [-0.39, 0.29) is 6.03 Å². The van der Waals surface area contributed by atoms with E-state index >= 15 is 0 Å². The predicted molar refractivity (Wildman–Crippen MR) is 130 cm³/mol. The molecule has 0 heterocycles. The lowest BCUT2D eigenvalue weighted by atomic mass is 10.2. The molecule has 4 aromatic rings. The number of carbonyl (C=O) groups is 2. The molecule has 158 valence electrons. The van der Waals surface area contributed by atoms with Crippen LogP contribution in [0.2, 0.25) is 0 Å². The third-order valence-electron chi connectivity index (χ3n) is 4.67. The monoisotopic (exact) mass is 422 g/mol. The summed E-state index contributed by atoms with van der Waals surface area (Å²) in [6.07, 6.45) is 0. The number of rotatable bonds is 5. The molecule has 32 heavy (non-hydrogen) atoms. The molecule has 0 radical (unpaired) electrons. The maximum Gasteiger partial charge on any atom is 0.331 e. The Morgan fingerprint density at radius 2 is 1.03 bits per heavy atom. The van der Waals surface area contributed by atoms with Gasteiger partial charge in [-0.25, -0.2) is 9.59 Å². The van der Waals surface area contributed by atoms with E-state index < -0.39 is 6.03 Å². The largest absolute Gasteiger partial charge is 0.331 e. The van der Waals surface area contributed by atoms with E-state index in [9.17, 15) is 9.59 Å². The number of hydrogen-bond acceptors (Lipinski definition) is 2. The molecule has 0 atom stereocenters. The quantitative estimate of drug-likeness (QED) is 0.335. The van der Waals surface area contributed by atoms with Crippen LogP contribution < -0.4 is 20.9 Å². The molecule has 0 bridgehead atoms. The van der Waals surface area contributed by atoms with Gasteiger partial charge in [-0.1, -0.05) is 66.7 Å². The van der Waals surface area contributed by atoms with Crippen LogP contribution in [-0.4, -0.2) is 12.1 Å². The van der Waals surface area contributed by atoms with Crippen LogP contribution in [0, 0.1) is 0 Å². The number of carbonyl (C=O) groups excluding carboxylic acids is 2. The molecule has 6 nitrogen and oxygen atoms in total. The molecule has 0 spiro atoms. The first-order valence-corrected chi connectivity index (χ1v) is 10.1. The van der Waals surface area contributed by atoms with E-state index in [0.717, 1.165) is 0 Å². The molecule has 0 aliphatic carbocycles. The summed E-state index contributed by atoms with van der Waals surface area (Å²) in [6, 6.07) is 34.1. The molecular formula is C26H22N4O2. The molecule has 6 heteroatoms. The van der Waals surface area contributed by atoms with Crippen molar-refractivity contribution >= 4 is 40.5 Å². The summed E-state index contributed by atoms with van der Waals surface area (Å²) in [5, 5.41) is 8.57. The Labute approximate surface area is 186 Å².